The number of hydrogen-bond acceptors (Lipinski definition) is 6. The number of hydrogen-bond donors (Lipinski definition) is 1. The molecule has 0 bridgehead atoms. The average molecular weight is 316 g/mol. The van der Waals surface area contributed by atoms with E-state index in [2.05, 4.69) is 17.1 Å². The first-order valence-electron chi connectivity index (χ1n) is 7.09. The van der Waals surface area contributed by atoms with E-state index in [4.69, 9.17) is 0 Å². The zero-order chi connectivity index (χ0) is 16.8. The van der Waals surface area contributed by atoms with Gasteiger partial charge in [-0.1, -0.05) is 12.7 Å². The standard InChI is InChI=1S/C15H16N4O4/c1-2-11-5-3-4-6-12(11)10-16-17-14-8-7-13(18(20)21)9-15(14)19(22)23/h2,7-10,17H,1,3-6H2. The summed E-state index contributed by atoms with van der Waals surface area (Å²) in [5, 5.41) is 25.7. The highest BCUT2D eigenvalue weighted by atomic mass is 16.6. The Bertz CT molecular complexity index is 709. The number of hydrazone groups is 1. The molecule has 8 nitrogen and oxygen atoms in total. The highest BCUT2D eigenvalue weighted by Gasteiger charge is 2.19. The minimum absolute atomic E-state index is 0.105. The SMILES string of the molecule is C=CC1=C(C=NNc2ccc([N+](=O)[O-])cc2[N+](=O)[O-])CCCC1. The maximum absolute atomic E-state index is 11.0. The van der Waals surface area contributed by atoms with Crippen molar-refractivity contribution in [1.82, 2.24) is 0 Å². The van der Waals surface area contributed by atoms with E-state index in [-0.39, 0.29) is 11.4 Å². The number of non-ortho nitro benzene ring substituents is 1. The normalized spacial score (nSPS) is 14.8. The predicted octanol–water partition coefficient (Wildman–Crippen LogP) is 3.96. The highest BCUT2D eigenvalue weighted by Crippen LogP contribution is 2.29. The molecule has 23 heavy (non-hydrogen) atoms. The van der Waals surface area contributed by atoms with Gasteiger partial charge in [-0.25, -0.2) is 0 Å². The summed E-state index contributed by atoms with van der Waals surface area (Å²) < 4.78 is 0. The van der Waals surface area contributed by atoms with Gasteiger partial charge < -0.3 is 0 Å². The number of nitrogens with one attached hydrogen (secondary N) is 1. The Labute approximate surface area is 132 Å². The number of allylic oxidation sites excluding steroid dienone is 3. The fraction of sp³-hybridized carbons (Fsp3) is 0.267. The molecule has 8 heteroatoms. The third-order valence-electron chi connectivity index (χ3n) is 3.60. The summed E-state index contributed by atoms with van der Waals surface area (Å²) in [6.45, 7) is 3.77. The van der Waals surface area contributed by atoms with Crippen LogP contribution in [-0.2, 0) is 0 Å². The molecule has 0 aliphatic heterocycles. The molecule has 0 radical (unpaired) electrons. The van der Waals surface area contributed by atoms with Crippen molar-refractivity contribution in [3.05, 3.63) is 62.2 Å². The van der Waals surface area contributed by atoms with E-state index in [0.29, 0.717) is 0 Å². The summed E-state index contributed by atoms with van der Waals surface area (Å²) in [6, 6.07) is 3.38. The minimum Gasteiger partial charge on any atom is -0.272 e. The molecule has 0 heterocycles. The molecular weight excluding hydrogens is 300 g/mol. The van der Waals surface area contributed by atoms with Crippen molar-refractivity contribution in [2.75, 3.05) is 5.43 Å². The van der Waals surface area contributed by atoms with Gasteiger partial charge in [0.15, 0.2) is 0 Å². The van der Waals surface area contributed by atoms with Crippen molar-refractivity contribution in [1.29, 1.82) is 0 Å². The summed E-state index contributed by atoms with van der Waals surface area (Å²) in [7, 11) is 0. The summed E-state index contributed by atoms with van der Waals surface area (Å²) >= 11 is 0. The lowest BCUT2D eigenvalue weighted by Gasteiger charge is -2.14. The van der Waals surface area contributed by atoms with Gasteiger partial charge in [-0.05, 0) is 42.9 Å². The van der Waals surface area contributed by atoms with E-state index in [1.807, 2.05) is 0 Å². The molecule has 1 aromatic rings. The Balaban J connectivity index is 2.21. The maximum Gasteiger partial charge on any atom is 0.301 e. The van der Waals surface area contributed by atoms with Crippen LogP contribution in [0.4, 0.5) is 17.1 Å². The third kappa shape index (κ3) is 4.00. The predicted molar refractivity (Wildman–Crippen MR) is 87.6 cm³/mol. The van der Waals surface area contributed by atoms with Gasteiger partial charge in [0.2, 0.25) is 0 Å². The van der Waals surface area contributed by atoms with Crippen molar-refractivity contribution >= 4 is 23.3 Å². The molecular formula is C15H16N4O4. The summed E-state index contributed by atoms with van der Waals surface area (Å²) in [6.07, 6.45) is 7.43. The van der Waals surface area contributed by atoms with E-state index < -0.39 is 15.5 Å². The van der Waals surface area contributed by atoms with Crippen molar-refractivity contribution < 1.29 is 9.85 Å². The van der Waals surface area contributed by atoms with Crippen molar-refractivity contribution in [2.24, 2.45) is 5.10 Å². The Morgan fingerprint density at radius 3 is 2.43 bits per heavy atom. The lowest BCUT2D eigenvalue weighted by molar-refractivity contribution is -0.393. The van der Waals surface area contributed by atoms with E-state index >= 15 is 0 Å². The lowest BCUT2D eigenvalue weighted by Crippen LogP contribution is -2.02. The Morgan fingerprint density at radius 1 is 1.13 bits per heavy atom. The van der Waals surface area contributed by atoms with Gasteiger partial charge in [0.1, 0.15) is 5.69 Å². The van der Waals surface area contributed by atoms with Crippen LogP contribution in [0.25, 0.3) is 0 Å². The molecule has 0 spiro atoms. The van der Waals surface area contributed by atoms with Crippen LogP contribution < -0.4 is 5.43 Å². The summed E-state index contributed by atoms with van der Waals surface area (Å²) in [5.41, 5.74) is 4.14. The Hall–Kier alpha value is -3.03. The summed E-state index contributed by atoms with van der Waals surface area (Å²) in [4.78, 5) is 20.4. The average Bonchev–Trinajstić information content (AvgIpc) is 2.55. The van der Waals surface area contributed by atoms with Crippen molar-refractivity contribution in [3.8, 4) is 0 Å². The van der Waals surface area contributed by atoms with Gasteiger partial charge in [0.25, 0.3) is 5.69 Å². The van der Waals surface area contributed by atoms with Gasteiger partial charge >= 0.3 is 5.69 Å². The molecule has 1 aliphatic carbocycles. The largest absolute Gasteiger partial charge is 0.301 e. The number of nitro groups is 2. The van der Waals surface area contributed by atoms with E-state index in [0.717, 1.165) is 42.9 Å². The first-order valence-corrected chi connectivity index (χ1v) is 7.09. The first kappa shape index (κ1) is 16.3. The quantitative estimate of drug-likeness (QED) is 0.485. The molecule has 1 N–H and O–H groups in total. The van der Waals surface area contributed by atoms with Gasteiger partial charge in [-0.15, -0.1) is 0 Å². The molecule has 1 aliphatic rings. The fourth-order valence-electron chi connectivity index (χ4n) is 2.39. The van der Waals surface area contributed by atoms with Gasteiger partial charge in [0, 0.05) is 6.07 Å². The van der Waals surface area contributed by atoms with Gasteiger partial charge in [-0.3, -0.25) is 25.7 Å². The molecule has 0 saturated heterocycles. The van der Waals surface area contributed by atoms with Crippen LogP contribution in [0, 0.1) is 20.2 Å². The number of rotatable bonds is 6. The molecule has 0 unspecified atom stereocenters. The summed E-state index contributed by atoms with van der Waals surface area (Å²) in [5.74, 6) is 0. The van der Waals surface area contributed by atoms with Gasteiger partial charge in [0.05, 0.1) is 22.1 Å². The topological polar surface area (TPSA) is 111 Å². The molecule has 2 rings (SSSR count). The van der Waals surface area contributed by atoms with Crippen LogP contribution in [-0.4, -0.2) is 16.1 Å². The number of nitro benzene ring substituents is 2. The van der Waals surface area contributed by atoms with Crippen molar-refractivity contribution in [3.63, 3.8) is 0 Å². The fourth-order valence-corrected chi connectivity index (χ4v) is 2.39. The zero-order valence-electron chi connectivity index (χ0n) is 12.4. The second kappa shape index (κ2) is 7.30. The Kier molecular flexibility index (Phi) is 5.19. The molecule has 0 amide bonds. The van der Waals surface area contributed by atoms with Crippen LogP contribution in [0.5, 0.6) is 0 Å². The second-order valence-corrected chi connectivity index (χ2v) is 5.05. The third-order valence-corrected chi connectivity index (χ3v) is 3.60. The van der Waals surface area contributed by atoms with Crippen LogP contribution >= 0.6 is 0 Å². The van der Waals surface area contributed by atoms with Crippen LogP contribution in [0.2, 0.25) is 0 Å². The molecule has 0 saturated carbocycles. The van der Waals surface area contributed by atoms with Gasteiger partial charge in [-0.2, -0.15) is 5.10 Å². The molecule has 0 aromatic heterocycles. The minimum atomic E-state index is -0.681. The Morgan fingerprint density at radius 2 is 1.83 bits per heavy atom. The molecule has 120 valence electrons. The van der Waals surface area contributed by atoms with Crippen LogP contribution in [0.1, 0.15) is 25.7 Å². The number of anilines is 1. The van der Waals surface area contributed by atoms with E-state index in [1.165, 1.54) is 12.1 Å². The monoisotopic (exact) mass is 316 g/mol. The second-order valence-electron chi connectivity index (χ2n) is 5.05. The number of benzene rings is 1. The van der Waals surface area contributed by atoms with E-state index in [1.54, 1.807) is 12.3 Å². The molecule has 1 aromatic carbocycles. The molecule has 0 fully saturated rings. The maximum atomic E-state index is 11.0. The highest BCUT2D eigenvalue weighted by molar-refractivity contribution is 5.81. The smallest absolute Gasteiger partial charge is 0.272 e. The first-order chi connectivity index (χ1) is 11.0. The lowest BCUT2D eigenvalue weighted by atomic mass is 9.92. The van der Waals surface area contributed by atoms with Crippen LogP contribution in [0.3, 0.4) is 0 Å². The number of nitrogens with zero attached hydrogens (tertiary/aromatic N) is 3. The zero-order valence-corrected chi connectivity index (χ0v) is 12.4. The molecule has 0 atom stereocenters. The van der Waals surface area contributed by atoms with Crippen molar-refractivity contribution in [2.45, 2.75) is 25.7 Å². The van der Waals surface area contributed by atoms with E-state index in [9.17, 15) is 20.2 Å². The van der Waals surface area contributed by atoms with Crippen LogP contribution in [0.15, 0.2) is 47.1 Å².